The van der Waals surface area contributed by atoms with E-state index in [0.29, 0.717) is 33.5 Å². The van der Waals surface area contributed by atoms with Crippen LogP contribution in [0.2, 0.25) is 0 Å². The maximum atomic E-state index is 9.94. The first kappa shape index (κ1) is 35.2. The van der Waals surface area contributed by atoms with Crippen molar-refractivity contribution in [3.8, 4) is 0 Å². The largest absolute Gasteiger partial charge is 0.368 e. The molecule has 4 nitrogen and oxygen atoms in total. The SMILES string of the molecule is CC1(C)CCC[C@@]2(C)C1CC[C@@]1(C)OC(O)C[C@@H]12.CC1(C)CCC[C@@]2(C)C1CC[C@@]1(C)OC(O)C[C@@H]12.[Ac].[Ac]. The van der Waals surface area contributed by atoms with Gasteiger partial charge in [0.1, 0.15) is 0 Å². The first-order valence-corrected chi connectivity index (χ1v) is 15.3. The van der Waals surface area contributed by atoms with Gasteiger partial charge in [-0.3, -0.25) is 0 Å². The van der Waals surface area contributed by atoms with Crippen molar-refractivity contribution in [2.45, 2.75) is 156 Å². The zero-order valence-corrected chi connectivity index (χ0v) is 35.3. The molecule has 2 radical (unpaired) electrons. The van der Waals surface area contributed by atoms with E-state index in [1.54, 1.807) is 0 Å². The predicted octanol–water partition coefficient (Wildman–Crippen LogP) is 7.45. The van der Waals surface area contributed by atoms with Crippen molar-refractivity contribution in [1.82, 2.24) is 0 Å². The Labute approximate surface area is 305 Å². The van der Waals surface area contributed by atoms with E-state index in [-0.39, 0.29) is 99.3 Å². The van der Waals surface area contributed by atoms with Gasteiger partial charge in [-0.1, -0.05) is 54.4 Å². The minimum Gasteiger partial charge on any atom is -0.368 e. The Kier molecular flexibility index (Phi) is 11.0. The molecule has 2 heterocycles. The molecular formula is C32H56Ac2O4. The van der Waals surface area contributed by atoms with Gasteiger partial charge in [0.15, 0.2) is 12.6 Å². The van der Waals surface area contributed by atoms with E-state index in [0.717, 1.165) is 37.5 Å². The molecular weight excluding hydrogens is 902 g/mol. The molecule has 4 saturated carbocycles. The molecule has 214 valence electrons. The fourth-order valence-electron chi connectivity index (χ4n) is 11.7. The van der Waals surface area contributed by atoms with Crippen LogP contribution >= 0.6 is 0 Å². The number of aliphatic hydroxyl groups is 2. The summed E-state index contributed by atoms with van der Waals surface area (Å²) < 4.78 is 11.8. The fraction of sp³-hybridized carbons (Fsp3) is 1.00. The number of aliphatic hydroxyl groups excluding tert-OH is 2. The molecule has 6 heteroatoms. The number of ether oxygens (including phenoxy) is 2. The van der Waals surface area contributed by atoms with E-state index < -0.39 is 12.6 Å². The zero-order valence-electron chi connectivity index (χ0n) is 25.8. The average Bonchev–Trinajstić information content (AvgIpc) is 3.23. The molecule has 0 aromatic rings. The van der Waals surface area contributed by atoms with Crippen molar-refractivity contribution in [3.05, 3.63) is 0 Å². The fourth-order valence-corrected chi connectivity index (χ4v) is 11.7. The summed E-state index contributed by atoms with van der Waals surface area (Å²) in [5.41, 5.74) is 1.51. The summed E-state index contributed by atoms with van der Waals surface area (Å²) in [6, 6.07) is 0. The van der Waals surface area contributed by atoms with E-state index in [1.807, 2.05) is 0 Å². The molecule has 10 atom stereocenters. The van der Waals surface area contributed by atoms with Crippen molar-refractivity contribution in [2.75, 3.05) is 0 Å². The Morgan fingerprint density at radius 3 is 1.18 bits per heavy atom. The van der Waals surface area contributed by atoms with Gasteiger partial charge in [0, 0.05) is 101 Å². The van der Waals surface area contributed by atoms with E-state index >= 15 is 0 Å². The third-order valence-corrected chi connectivity index (χ3v) is 13.2. The molecule has 38 heavy (non-hydrogen) atoms. The van der Waals surface area contributed by atoms with Crippen molar-refractivity contribution in [2.24, 2.45) is 45.3 Å². The Bertz CT molecular complexity index is 781. The van der Waals surface area contributed by atoms with Gasteiger partial charge in [-0.25, -0.2) is 0 Å². The van der Waals surface area contributed by atoms with Crippen LogP contribution in [-0.2, 0) is 9.47 Å². The third-order valence-electron chi connectivity index (χ3n) is 13.2. The second kappa shape index (κ2) is 11.9. The minimum absolute atomic E-state index is 0. The van der Waals surface area contributed by atoms with E-state index in [9.17, 15) is 10.2 Å². The number of fused-ring (bicyclic) bond motifs is 6. The standard InChI is InChI=1S/2C16H28O2.2Ac/c2*1-14(2)7-5-8-15(3)11(14)6-9-16(4)12(15)10-13(17)18-16;;/h2*11-13,17H,5-10H2,1-4H3;;/t2*11?,12-,13?,15+,16-;;/m11../s1. The van der Waals surface area contributed by atoms with Crippen LogP contribution in [0.25, 0.3) is 0 Å². The topological polar surface area (TPSA) is 58.9 Å². The van der Waals surface area contributed by atoms with Crippen LogP contribution in [0.4, 0.5) is 0 Å². The second-order valence-corrected chi connectivity index (χ2v) is 16.2. The van der Waals surface area contributed by atoms with Gasteiger partial charge in [0.2, 0.25) is 0 Å². The van der Waals surface area contributed by atoms with Crippen LogP contribution in [0.1, 0.15) is 132 Å². The maximum absolute atomic E-state index is 9.94. The molecule has 4 unspecified atom stereocenters. The number of hydrogen-bond acceptors (Lipinski definition) is 4. The van der Waals surface area contributed by atoms with Crippen LogP contribution in [0, 0.1) is 133 Å². The molecule has 0 aromatic heterocycles. The van der Waals surface area contributed by atoms with Crippen molar-refractivity contribution >= 4 is 0 Å². The summed E-state index contributed by atoms with van der Waals surface area (Å²) in [6.45, 7) is 19.2. The first-order chi connectivity index (χ1) is 16.6. The van der Waals surface area contributed by atoms with Crippen LogP contribution in [0.3, 0.4) is 0 Å². The van der Waals surface area contributed by atoms with Gasteiger partial charge in [-0.15, -0.1) is 0 Å². The van der Waals surface area contributed by atoms with Gasteiger partial charge < -0.3 is 19.7 Å². The Morgan fingerprint density at radius 2 is 0.842 bits per heavy atom. The molecule has 4 aliphatic carbocycles. The summed E-state index contributed by atoms with van der Waals surface area (Å²) in [5.74, 6) is 2.67. The van der Waals surface area contributed by atoms with Crippen LogP contribution in [0.5, 0.6) is 0 Å². The van der Waals surface area contributed by atoms with Crippen LogP contribution in [-0.4, -0.2) is 34.0 Å². The molecule has 6 fully saturated rings. The molecule has 0 spiro atoms. The zero-order chi connectivity index (χ0) is 26.4. The second-order valence-electron chi connectivity index (χ2n) is 16.2. The molecule has 0 amide bonds. The van der Waals surface area contributed by atoms with Crippen molar-refractivity contribution in [3.63, 3.8) is 0 Å². The van der Waals surface area contributed by atoms with Gasteiger partial charge in [-0.2, -0.15) is 0 Å². The Balaban J connectivity index is 0.000000200. The van der Waals surface area contributed by atoms with E-state index in [1.165, 1.54) is 51.4 Å². The third kappa shape index (κ3) is 5.89. The molecule has 2 aliphatic heterocycles. The smallest absolute Gasteiger partial charge is 0.155 e. The van der Waals surface area contributed by atoms with Gasteiger partial charge in [0.05, 0.1) is 11.2 Å². The van der Waals surface area contributed by atoms with Gasteiger partial charge in [-0.05, 0) is 111 Å². The molecule has 6 aliphatic rings. The number of hydrogen-bond donors (Lipinski definition) is 2. The quantitative estimate of drug-likeness (QED) is 0.265. The maximum Gasteiger partial charge on any atom is 0.155 e. The van der Waals surface area contributed by atoms with E-state index in [2.05, 4.69) is 55.4 Å². The molecule has 2 saturated heterocycles. The first-order valence-electron chi connectivity index (χ1n) is 15.3. The van der Waals surface area contributed by atoms with Crippen LogP contribution in [0.15, 0.2) is 0 Å². The van der Waals surface area contributed by atoms with Gasteiger partial charge in [0.25, 0.3) is 0 Å². The normalized spacial score (nSPS) is 51.9. The van der Waals surface area contributed by atoms with Gasteiger partial charge >= 0.3 is 0 Å². The van der Waals surface area contributed by atoms with Crippen LogP contribution < -0.4 is 0 Å². The summed E-state index contributed by atoms with van der Waals surface area (Å²) in [4.78, 5) is 0. The summed E-state index contributed by atoms with van der Waals surface area (Å²) in [5, 5.41) is 19.9. The predicted molar refractivity (Wildman–Crippen MR) is 144 cm³/mol. The molecule has 0 aromatic carbocycles. The summed E-state index contributed by atoms with van der Waals surface area (Å²) in [6.07, 6.45) is 13.4. The molecule has 0 bridgehead atoms. The van der Waals surface area contributed by atoms with Crippen molar-refractivity contribution < 1.29 is 108 Å². The summed E-state index contributed by atoms with van der Waals surface area (Å²) in [7, 11) is 0. The number of rotatable bonds is 0. The van der Waals surface area contributed by atoms with Crippen molar-refractivity contribution in [1.29, 1.82) is 0 Å². The van der Waals surface area contributed by atoms with E-state index in [4.69, 9.17) is 9.47 Å². The summed E-state index contributed by atoms with van der Waals surface area (Å²) >= 11 is 0. The molecule has 6 rings (SSSR count). The minimum atomic E-state index is -0.527. The monoisotopic (exact) mass is 958 g/mol. The Hall–Kier alpha value is 2.72. The Morgan fingerprint density at radius 1 is 0.500 bits per heavy atom. The average molecular weight is 959 g/mol. The molecule has 2 N–H and O–H groups in total.